The molecular formula is C25H29N7O5. The second kappa shape index (κ2) is 10.1. The average Bonchev–Trinajstić information content (AvgIpc) is 3.36. The van der Waals surface area contributed by atoms with E-state index < -0.39 is 5.97 Å². The minimum atomic E-state index is -1.12. The number of hydrogen-bond donors (Lipinski definition) is 2. The topological polar surface area (TPSA) is 143 Å². The third kappa shape index (κ3) is 4.80. The second-order valence-corrected chi connectivity index (χ2v) is 9.04. The molecule has 0 unspecified atom stereocenters. The van der Waals surface area contributed by atoms with Crippen LogP contribution in [0.3, 0.4) is 0 Å². The molecule has 0 atom stereocenters. The van der Waals surface area contributed by atoms with E-state index in [4.69, 9.17) is 15.2 Å². The zero-order chi connectivity index (χ0) is 26.1. The molecule has 1 aliphatic rings. The molecule has 0 radical (unpaired) electrons. The third-order valence-electron chi connectivity index (χ3n) is 6.65. The standard InChI is InChI=1S/C25H29N7O5/c1-29-13-16(24(34)35)11-18(22(29)33)19-12-27-30(2)23(19)37-10-9-31(17-14-36-15-17)7-8-32-21-6-4-3-5-20(21)28-25(32)26/h3-6,11-13,17H,7-10,14-15H2,1-2H3,(H2,26,28)(H,34,35). The van der Waals surface area contributed by atoms with Crippen LogP contribution in [0.4, 0.5) is 5.95 Å². The summed E-state index contributed by atoms with van der Waals surface area (Å²) in [5.41, 5.74) is 8.38. The predicted molar refractivity (Wildman–Crippen MR) is 137 cm³/mol. The molecule has 0 aliphatic carbocycles. The van der Waals surface area contributed by atoms with E-state index in [9.17, 15) is 14.7 Å². The van der Waals surface area contributed by atoms with E-state index in [2.05, 4.69) is 15.0 Å². The Morgan fingerprint density at radius 3 is 2.76 bits per heavy atom. The van der Waals surface area contributed by atoms with Crippen LogP contribution < -0.4 is 16.0 Å². The number of rotatable bonds is 10. The van der Waals surface area contributed by atoms with Gasteiger partial charge < -0.3 is 29.4 Å². The van der Waals surface area contributed by atoms with Gasteiger partial charge in [0.25, 0.3) is 5.56 Å². The Balaban J connectivity index is 1.31. The van der Waals surface area contributed by atoms with E-state index in [0.717, 1.165) is 17.6 Å². The lowest BCUT2D eigenvalue weighted by Crippen LogP contribution is -2.51. The van der Waals surface area contributed by atoms with Crippen molar-refractivity contribution >= 4 is 23.0 Å². The number of hydrogen-bond acceptors (Lipinski definition) is 8. The summed E-state index contributed by atoms with van der Waals surface area (Å²) in [6.07, 6.45) is 2.81. The summed E-state index contributed by atoms with van der Waals surface area (Å²) in [4.78, 5) is 31.0. The van der Waals surface area contributed by atoms with Crippen molar-refractivity contribution in [3.05, 3.63) is 58.6 Å². The lowest BCUT2D eigenvalue weighted by Gasteiger charge is -2.37. The monoisotopic (exact) mass is 507 g/mol. The third-order valence-corrected chi connectivity index (χ3v) is 6.65. The Kier molecular flexibility index (Phi) is 6.68. The van der Waals surface area contributed by atoms with Crippen LogP contribution in [-0.4, -0.2) is 78.8 Å². The number of carboxylic acid groups (broad SMARTS) is 1. The summed E-state index contributed by atoms with van der Waals surface area (Å²) in [6, 6.07) is 9.48. The van der Waals surface area contributed by atoms with Crippen LogP contribution in [0.15, 0.2) is 47.5 Å². The van der Waals surface area contributed by atoms with Gasteiger partial charge in [0.15, 0.2) is 0 Å². The summed E-state index contributed by atoms with van der Waals surface area (Å²) in [6.45, 7) is 3.63. The first kappa shape index (κ1) is 24.5. The lowest BCUT2D eigenvalue weighted by atomic mass is 10.1. The highest BCUT2D eigenvalue weighted by Crippen LogP contribution is 2.28. The van der Waals surface area contributed by atoms with Crippen molar-refractivity contribution in [2.75, 3.05) is 38.6 Å². The van der Waals surface area contributed by atoms with Crippen molar-refractivity contribution in [2.24, 2.45) is 14.1 Å². The number of carboxylic acids is 1. The van der Waals surface area contributed by atoms with Gasteiger partial charge in [0.05, 0.1) is 53.2 Å². The lowest BCUT2D eigenvalue weighted by molar-refractivity contribution is -0.0682. The van der Waals surface area contributed by atoms with Crippen molar-refractivity contribution in [1.29, 1.82) is 0 Å². The van der Waals surface area contributed by atoms with E-state index in [0.29, 0.717) is 50.3 Å². The first-order valence-corrected chi connectivity index (χ1v) is 11.9. The Morgan fingerprint density at radius 1 is 1.24 bits per heavy atom. The minimum Gasteiger partial charge on any atom is -0.478 e. The fourth-order valence-corrected chi connectivity index (χ4v) is 4.53. The summed E-state index contributed by atoms with van der Waals surface area (Å²) in [5, 5.41) is 13.7. The van der Waals surface area contributed by atoms with Crippen molar-refractivity contribution in [2.45, 2.75) is 12.6 Å². The number of nitrogens with zero attached hydrogens (tertiary/aromatic N) is 6. The highest BCUT2D eigenvalue weighted by Gasteiger charge is 2.26. The number of imidazole rings is 1. The van der Waals surface area contributed by atoms with Crippen LogP contribution in [0.1, 0.15) is 10.4 Å². The molecule has 1 saturated heterocycles. The Morgan fingerprint density at radius 2 is 2.03 bits per heavy atom. The number of ether oxygens (including phenoxy) is 2. The average molecular weight is 508 g/mol. The number of nitrogen functional groups attached to an aromatic ring is 1. The van der Waals surface area contributed by atoms with Crippen LogP contribution in [0.2, 0.25) is 0 Å². The number of para-hydroxylation sites is 2. The van der Waals surface area contributed by atoms with Crippen molar-refractivity contribution in [1.82, 2.24) is 28.8 Å². The van der Waals surface area contributed by atoms with Crippen LogP contribution in [0, 0.1) is 0 Å². The van der Waals surface area contributed by atoms with Crippen molar-refractivity contribution < 1.29 is 19.4 Å². The Bertz CT molecular complexity index is 1500. The number of aryl methyl sites for hydroxylation is 2. The van der Waals surface area contributed by atoms with E-state index in [-0.39, 0.29) is 22.7 Å². The van der Waals surface area contributed by atoms with Gasteiger partial charge >= 0.3 is 5.97 Å². The SMILES string of the molecule is Cn1ncc(-c2cc(C(=O)O)cn(C)c2=O)c1OCCN(CCn1c(N)nc2ccccc21)C1COC1. The number of aromatic carboxylic acids is 1. The molecule has 0 amide bonds. The molecule has 4 heterocycles. The molecule has 1 aromatic carbocycles. The molecule has 3 aromatic heterocycles. The Hall–Kier alpha value is -4.16. The molecule has 0 saturated carbocycles. The number of carbonyl (C=O) groups is 1. The number of benzene rings is 1. The molecule has 5 rings (SSSR count). The van der Waals surface area contributed by atoms with Crippen LogP contribution in [0.5, 0.6) is 5.88 Å². The fourth-order valence-electron chi connectivity index (χ4n) is 4.53. The van der Waals surface area contributed by atoms with Gasteiger partial charge in [0, 0.05) is 39.9 Å². The summed E-state index contributed by atoms with van der Waals surface area (Å²) in [7, 11) is 3.23. The number of pyridine rings is 1. The molecule has 37 heavy (non-hydrogen) atoms. The first-order valence-electron chi connectivity index (χ1n) is 11.9. The maximum atomic E-state index is 12.8. The summed E-state index contributed by atoms with van der Waals surface area (Å²) in [5.74, 6) is -0.242. The Labute approximate surface area is 212 Å². The minimum absolute atomic E-state index is 0.00867. The smallest absolute Gasteiger partial charge is 0.337 e. The predicted octanol–water partition coefficient (Wildman–Crippen LogP) is 1.20. The van der Waals surface area contributed by atoms with E-state index in [1.165, 1.54) is 34.8 Å². The number of anilines is 1. The largest absolute Gasteiger partial charge is 0.478 e. The molecule has 1 fully saturated rings. The maximum Gasteiger partial charge on any atom is 0.337 e. The molecule has 4 aromatic rings. The molecule has 12 nitrogen and oxygen atoms in total. The van der Waals surface area contributed by atoms with Crippen molar-refractivity contribution in [3.8, 4) is 17.0 Å². The van der Waals surface area contributed by atoms with Gasteiger partial charge in [-0.3, -0.25) is 9.69 Å². The molecule has 3 N–H and O–H groups in total. The van der Waals surface area contributed by atoms with E-state index in [1.54, 1.807) is 7.05 Å². The highest BCUT2D eigenvalue weighted by atomic mass is 16.5. The first-order chi connectivity index (χ1) is 17.8. The molecule has 194 valence electrons. The fraction of sp³-hybridized carbons (Fsp3) is 0.360. The van der Waals surface area contributed by atoms with Gasteiger partial charge in [-0.15, -0.1) is 0 Å². The van der Waals surface area contributed by atoms with Gasteiger partial charge in [0.1, 0.15) is 6.61 Å². The zero-order valence-electron chi connectivity index (χ0n) is 20.7. The quantitative estimate of drug-likeness (QED) is 0.324. The normalized spacial score (nSPS) is 13.8. The van der Waals surface area contributed by atoms with Crippen LogP contribution >= 0.6 is 0 Å². The van der Waals surface area contributed by atoms with Gasteiger partial charge in [-0.25, -0.2) is 14.5 Å². The summed E-state index contributed by atoms with van der Waals surface area (Å²) >= 11 is 0. The van der Waals surface area contributed by atoms with Gasteiger partial charge in [-0.05, 0) is 18.2 Å². The highest BCUT2D eigenvalue weighted by molar-refractivity contribution is 5.89. The number of nitrogens with two attached hydrogens (primary N) is 1. The maximum absolute atomic E-state index is 12.8. The molecule has 1 aliphatic heterocycles. The van der Waals surface area contributed by atoms with Gasteiger partial charge in [-0.2, -0.15) is 5.10 Å². The van der Waals surface area contributed by atoms with Crippen LogP contribution in [-0.2, 0) is 25.4 Å². The second-order valence-electron chi connectivity index (χ2n) is 9.04. The van der Waals surface area contributed by atoms with E-state index >= 15 is 0 Å². The molecule has 12 heteroatoms. The summed E-state index contributed by atoms with van der Waals surface area (Å²) < 4.78 is 16.3. The molecule has 0 bridgehead atoms. The molecular weight excluding hydrogens is 478 g/mol. The van der Waals surface area contributed by atoms with Gasteiger partial charge in [-0.1, -0.05) is 12.1 Å². The zero-order valence-corrected chi connectivity index (χ0v) is 20.7. The van der Waals surface area contributed by atoms with Crippen LogP contribution in [0.25, 0.3) is 22.2 Å². The van der Waals surface area contributed by atoms with E-state index in [1.807, 2.05) is 28.8 Å². The number of fused-ring (bicyclic) bond motifs is 1. The number of aromatic nitrogens is 5. The van der Waals surface area contributed by atoms with Gasteiger partial charge in [0.2, 0.25) is 11.8 Å². The van der Waals surface area contributed by atoms with Crippen molar-refractivity contribution in [3.63, 3.8) is 0 Å². The molecule has 0 spiro atoms.